The number of aromatic nitrogens is 1. The summed E-state index contributed by atoms with van der Waals surface area (Å²) in [5.74, 6) is -3.55. The van der Waals surface area contributed by atoms with E-state index in [4.69, 9.17) is 5.73 Å². The smallest absolute Gasteiger partial charge is 0.326 e. The van der Waals surface area contributed by atoms with Crippen molar-refractivity contribution in [3.63, 3.8) is 0 Å². The molecule has 1 aromatic heterocycles. The van der Waals surface area contributed by atoms with E-state index < -0.39 is 54.0 Å². The number of aromatic amines is 1. The summed E-state index contributed by atoms with van der Waals surface area (Å²) >= 11 is 0. The van der Waals surface area contributed by atoms with Gasteiger partial charge in [-0.05, 0) is 49.6 Å². The number of hydrogen-bond donors (Lipinski definition) is 8. The monoisotopic (exact) mass is 539 g/mol. The minimum Gasteiger partial charge on any atom is -0.508 e. The van der Waals surface area contributed by atoms with E-state index in [1.165, 1.54) is 38.1 Å². The SMILES string of the molecule is CC(NC(=O)C(NC(=O)C(N)Cc1c[nH]c2ccccc12)C(C)O)C(=O)NC(Cc1ccc(O)cc1)C(=O)O. The quantitative estimate of drug-likeness (QED) is 0.156. The first-order chi connectivity index (χ1) is 18.5. The van der Waals surface area contributed by atoms with Crippen LogP contribution >= 0.6 is 0 Å². The third-order valence-electron chi connectivity index (χ3n) is 6.26. The van der Waals surface area contributed by atoms with Crippen molar-refractivity contribution in [3.05, 3.63) is 65.9 Å². The lowest BCUT2D eigenvalue weighted by Gasteiger charge is -2.25. The number of carbonyl (C=O) groups is 4. The normalized spacial score (nSPS) is 15.0. The molecule has 12 nitrogen and oxygen atoms in total. The molecule has 5 atom stereocenters. The maximum Gasteiger partial charge on any atom is 0.326 e. The molecule has 0 spiro atoms. The first kappa shape index (κ1) is 29.1. The number of aromatic hydroxyl groups is 1. The van der Waals surface area contributed by atoms with Gasteiger partial charge in [-0.25, -0.2) is 4.79 Å². The predicted octanol–water partition coefficient (Wildman–Crippen LogP) is -0.0743. The Morgan fingerprint density at radius 1 is 0.897 bits per heavy atom. The van der Waals surface area contributed by atoms with Gasteiger partial charge in [-0.3, -0.25) is 14.4 Å². The lowest BCUT2D eigenvalue weighted by Crippen LogP contribution is -2.59. The number of amides is 3. The molecule has 208 valence electrons. The van der Waals surface area contributed by atoms with Crippen LogP contribution < -0.4 is 21.7 Å². The molecule has 3 aromatic rings. The fraction of sp³-hybridized carbons (Fsp3) is 0.333. The third-order valence-corrected chi connectivity index (χ3v) is 6.26. The average Bonchev–Trinajstić information content (AvgIpc) is 3.30. The minimum absolute atomic E-state index is 0.0182. The first-order valence-electron chi connectivity index (χ1n) is 12.4. The molecule has 3 amide bonds. The topological polar surface area (TPSA) is 207 Å². The molecule has 0 fully saturated rings. The van der Waals surface area contributed by atoms with Crippen molar-refractivity contribution in [2.45, 2.75) is 57.0 Å². The minimum atomic E-state index is -1.41. The highest BCUT2D eigenvalue weighted by Crippen LogP contribution is 2.19. The second-order valence-electron chi connectivity index (χ2n) is 9.40. The second kappa shape index (κ2) is 12.9. The molecule has 0 saturated heterocycles. The van der Waals surface area contributed by atoms with E-state index in [1.54, 1.807) is 6.20 Å². The molecule has 5 unspecified atom stereocenters. The van der Waals surface area contributed by atoms with Gasteiger partial charge < -0.3 is 42.0 Å². The number of H-pyrrole nitrogens is 1. The molecule has 0 bridgehead atoms. The van der Waals surface area contributed by atoms with Crippen LogP contribution in [0.5, 0.6) is 5.75 Å². The zero-order valence-electron chi connectivity index (χ0n) is 21.5. The van der Waals surface area contributed by atoms with Crippen LogP contribution in [0.4, 0.5) is 0 Å². The third kappa shape index (κ3) is 7.79. The van der Waals surface area contributed by atoms with Crippen molar-refractivity contribution < 1.29 is 34.5 Å². The zero-order valence-corrected chi connectivity index (χ0v) is 21.5. The highest BCUT2D eigenvalue weighted by atomic mass is 16.4. The number of benzene rings is 2. The van der Waals surface area contributed by atoms with E-state index in [2.05, 4.69) is 20.9 Å². The number of fused-ring (bicyclic) bond motifs is 1. The Hall–Kier alpha value is -4.42. The fourth-order valence-electron chi connectivity index (χ4n) is 4.03. The Labute approximate surface area is 224 Å². The van der Waals surface area contributed by atoms with E-state index >= 15 is 0 Å². The van der Waals surface area contributed by atoms with Crippen LogP contribution in [0.1, 0.15) is 25.0 Å². The molecule has 0 radical (unpaired) electrons. The van der Waals surface area contributed by atoms with Crippen LogP contribution in [0.15, 0.2) is 54.7 Å². The second-order valence-corrected chi connectivity index (χ2v) is 9.40. The van der Waals surface area contributed by atoms with Crippen molar-refractivity contribution >= 4 is 34.6 Å². The van der Waals surface area contributed by atoms with Gasteiger partial charge in [0.25, 0.3) is 0 Å². The van der Waals surface area contributed by atoms with E-state index in [0.717, 1.165) is 16.5 Å². The van der Waals surface area contributed by atoms with Crippen molar-refractivity contribution in [1.29, 1.82) is 0 Å². The van der Waals surface area contributed by atoms with Crippen LogP contribution in [-0.2, 0) is 32.0 Å². The summed E-state index contributed by atoms with van der Waals surface area (Å²) in [4.78, 5) is 53.0. The van der Waals surface area contributed by atoms with E-state index in [9.17, 15) is 34.5 Å². The van der Waals surface area contributed by atoms with Crippen LogP contribution in [0.25, 0.3) is 10.9 Å². The first-order valence-corrected chi connectivity index (χ1v) is 12.4. The Bertz CT molecular complexity index is 1320. The van der Waals surface area contributed by atoms with Gasteiger partial charge >= 0.3 is 5.97 Å². The predicted molar refractivity (Wildman–Crippen MR) is 143 cm³/mol. The van der Waals surface area contributed by atoms with Gasteiger partial charge in [-0.1, -0.05) is 30.3 Å². The summed E-state index contributed by atoms with van der Waals surface area (Å²) in [7, 11) is 0. The van der Waals surface area contributed by atoms with E-state index in [-0.39, 0.29) is 18.6 Å². The summed E-state index contributed by atoms with van der Waals surface area (Å²) in [6.07, 6.45) is 0.567. The molecule has 9 N–H and O–H groups in total. The molecule has 0 aliphatic heterocycles. The van der Waals surface area contributed by atoms with Crippen LogP contribution in [0, 0.1) is 0 Å². The summed E-state index contributed by atoms with van der Waals surface area (Å²) in [5, 5.41) is 37.2. The molecule has 0 aliphatic rings. The van der Waals surface area contributed by atoms with Gasteiger partial charge in [0, 0.05) is 23.5 Å². The largest absolute Gasteiger partial charge is 0.508 e. The Kier molecular flexibility index (Phi) is 9.63. The summed E-state index contributed by atoms with van der Waals surface area (Å²) in [6, 6.07) is 8.47. The van der Waals surface area contributed by atoms with Crippen molar-refractivity contribution in [1.82, 2.24) is 20.9 Å². The fourth-order valence-corrected chi connectivity index (χ4v) is 4.03. The Balaban J connectivity index is 1.58. The number of rotatable bonds is 12. The summed E-state index contributed by atoms with van der Waals surface area (Å²) in [5.41, 5.74) is 8.35. The molecular weight excluding hydrogens is 506 g/mol. The van der Waals surface area contributed by atoms with Crippen LogP contribution in [-0.4, -0.2) is 74.3 Å². The number of nitrogens with two attached hydrogens (primary N) is 1. The molecule has 1 heterocycles. The number of para-hydroxylation sites is 1. The highest BCUT2D eigenvalue weighted by molar-refractivity contribution is 5.94. The maximum atomic E-state index is 12.8. The number of hydrogen-bond acceptors (Lipinski definition) is 7. The number of aliphatic hydroxyl groups excluding tert-OH is 1. The number of carboxylic acid groups (broad SMARTS) is 1. The number of aliphatic hydroxyl groups is 1. The molecule has 0 aliphatic carbocycles. The van der Waals surface area contributed by atoms with Gasteiger partial charge in [0.2, 0.25) is 17.7 Å². The van der Waals surface area contributed by atoms with Crippen molar-refractivity contribution in [3.8, 4) is 5.75 Å². The molecule has 2 aromatic carbocycles. The molecule has 3 rings (SSSR count). The van der Waals surface area contributed by atoms with Crippen molar-refractivity contribution in [2.24, 2.45) is 5.73 Å². The zero-order chi connectivity index (χ0) is 28.7. The number of nitrogens with one attached hydrogen (secondary N) is 4. The number of phenolic OH excluding ortho intramolecular Hbond substituents is 1. The standard InChI is InChI=1S/C27H33N5O7/c1-14(24(35)31-22(27(38)39)11-16-7-9-18(34)10-8-16)30-26(37)23(15(2)33)32-25(36)20(28)12-17-13-29-21-6-4-3-5-19(17)21/h3-10,13-15,20,22-23,29,33-34H,11-12,28H2,1-2H3,(H,30,37)(H,31,35)(H,32,36)(H,38,39). The number of carbonyl (C=O) groups excluding carboxylic acids is 3. The van der Waals surface area contributed by atoms with Crippen LogP contribution in [0.3, 0.4) is 0 Å². The molecule has 0 saturated carbocycles. The Morgan fingerprint density at radius 2 is 1.56 bits per heavy atom. The number of phenols is 1. The van der Waals surface area contributed by atoms with Gasteiger partial charge in [-0.2, -0.15) is 0 Å². The van der Waals surface area contributed by atoms with Crippen LogP contribution in [0.2, 0.25) is 0 Å². The summed E-state index contributed by atoms with van der Waals surface area (Å²) < 4.78 is 0. The lowest BCUT2D eigenvalue weighted by atomic mass is 10.0. The van der Waals surface area contributed by atoms with E-state index in [1.807, 2.05) is 24.3 Å². The number of carboxylic acids is 1. The highest BCUT2D eigenvalue weighted by Gasteiger charge is 2.31. The maximum absolute atomic E-state index is 12.8. The van der Waals surface area contributed by atoms with Gasteiger partial charge in [0.05, 0.1) is 12.1 Å². The number of aliphatic carboxylic acids is 1. The molecular formula is C27H33N5O7. The molecule has 39 heavy (non-hydrogen) atoms. The Morgan fingerprint density at radius 3 is 2.21 bits per heavy atom. The molecule has 12 heteroatoms. The van der Waals surface area contributed by atoms with Crippen molar-refractivity contribution in [2.75, 3.05) is 0 Å². The van der Waals surface area contributed by atoms with Gasteiger partial charge in [-0.15, -0.1) is 0 Å². The summed E-state index contributed by atoms with van der Waals surface area (Å²) in [6.45, 7) is 2.65. The van der Waals surface area contributed by atoms with Gasteiger partial charge in [0.1, 0.15) is 23.9 Å². The van der Waals surface area contributed by atoms with E-state index in [0.29, 0.717) is 5.56 Å². The lowest BCUT2D eigenvalue weighted by molar-refractivity contribution is -0.142. The average molecular weight is 540 g/mol. The van der Waals surface area contributed by atoms with Gasteiger partial charge in [0.15, 0.2) is 0 Å².